The van der Waals surface area contributed by atoms with Crippen molar-refractivity contribution in [3.05, 3.63) is 84.5 Å². The van der Waals surface area contributed by atoms with E-state index in [4.69, 9.17) is 4.98 Å². The molecule has 1 aliphatic heterocycles. The zero-order chi connectivity index (χ0) is 20.3. The van der Waals surface area contributed by atoms with Gasteiger partial charge in [-0.05, 0) is 43.2 Å². The number of fused-ring (bicyclic) bond motifs is 1. The number of nitrogens with zero attached hydrogens (tertiary/aromatic N) is 4. The lowest BCUT2D eigenvalue weighted by Crippen LogP contribution is -2.38. The SMILES string of the molecule is O=C(/C=C/c1cnn(-c2ccccc2)c1)N1CCCC(c2nc3ccccc3[nH]2)C1. The van der Waals surface area contributed by atoms with Gasteiger partial charge in [-0.15, -0.1) is 0 Å². The third-order valence-corrected chi connectivity index (χ3v) is 5.57. The molecule has 30 heavy (non-hydrogen) atoms. The first-order valence-corrected chi connectivity index (χ1v) is 10.3. The summed E-state index contributed by atoms with van der Waals surface area (Å²) in [4.78, 5) is 22.9. The molecule has 0 bridgehead atoms. The Bertz CT molecular complexity index is 1160. The molecule has 1 atom stereocenters. The number of rotatable bonds is 4. The topological polar surface area (TPSA) is 66.8 Å². The third kappa shape index (κ3) is 3.76. The second-order valence-electron chi connectivity index (χ2n) is 7.65. The third-order valence-electron chi connectivity index (χ3n) is 5.57. The number of piperidine rings is 1. The molecule has 6 nitrogen and oxygen atoms in total. The van der Waals surface area contributed by atoms with E-state index in [0.29, 0.717) is 6.54 Å². The van der Waals surface area contributed by atoms with Gasteiger partial charge in [0.1, 0.15) is 5.82 Å². The highest BCUT2D eigenvalue weighted by Gasteiger charge is 2.25. The highest BCUT2D eigenvalue weighted by Crippen LogP contribution is 2.27. The Balaban J connectivity index is 1.26. The van der Waals surface area contributed by atoms with E-state index in [9.17, 15) is 4.79 Å². The number of aromatic amines is 1. The summed E-state index contributed by atoms with van der Waals surface area (Å²) in [6, 6.07) is 18.0. The smallest absolute Gasteiger partial charge is 0.246 e. The Morgan fingerprint density at radius 3 is 2.80 bits per heavy atom. The van der Waals surface area contributed by atoms with Crippen LogP contribution in [0.5, 0.6) is 0 Å². The number of hydrogen-bond donors (Lipinski definition) is 1. The van der Waals surface area contributed by atoms with Crippen molar-refractivity contribution in [1.29, 1.82) is 0 Å². The summed E-state index contributed by atoms with van der Waals surface area (Å²) in [7, 11) is 0. The molecule has 0 spiro atoms. The number of aromatic nitrogens is 4. The van der Waals surface area contributed by atoms with Gasteiger partial charge in [0, 0.05) is 36.8 Å². The molecule has 4 aromatic rings. The lowest BCUT2D eigenvalue weighted by molar-refractivity contribution is -0.127. The molecule has 0 radical (unpaired) electrons. The summed E-state index contributed by atoms with van der Waals surface area (Å²) in [5.74, 6) is 1.24. The van der Waals surface area contributed by atoms with Gasteiger partial charge in [0.05, 0.1) is 22.9 Å². The standard InChI is InChI=1S/C24H23N5O/c30-23(13-12-18-15-25-29(16-18)20-8-2-1-3-9-20)28-14-6-7-19(17-28)24-26-21-10-4-5-11-22(21)27-24/h1-5,8-13,15-16,19H,6-7,14,17H2,(H,26,27)/b13-12+. The van der Waals surface area contributed by atoms with Gasteiger partial charge in [0.2, 0.25) is 5.91 Å². The normalized spacial score (nSPS) is 17.1. The molecule has 5 rings (SSSR count). The van der Waals surface area contributed by atoms with Crippen LogP contribution >= 0.6 is 0 Å². The van der Waals surface area contributed by atoms with E-state index in [1.165, 1.54) is 0 Å². The van der Waals surface area contributed by atoms with Crippen molar-refractivity contribution in [3.8, 4) is 5.69 Å². The van der Waals surface area contributed by atoms with Gasteiger partial charge in [-0.1, -0.05) is 30.3 Å². The highest BCUT2D eigenvalue weighted by molar-refractivity contribution is 5.91. The van der Waals surface area contributed by atoms with Crippen LogP contribution in [-0.2, 0) is 4.79 Å². The zero-order valence-electron chi connectivity index (χ0n) is 16.6. The number of likely N-dealkylation sites (tertiary alicyclic amines) is 1. The molecule has 0 saturated carbocycles. The second kappa shape index (κ2) is 7.99. The molecule has 3 heterocycles. The quantitative estimate of drug-likeness (QED) is 0.526. The molecular weight excluding hydrogens is 374 g/mol. The van der Waals surface area contributed by atoms with Crippen molar-refractivity contribution >= 4 is 23.0 Å². The lowest BCUT2D eigenvalue weighted by Gasteiger charge is -2.31. The predicted octanol–water partition coefficient (Wildman–Crippen LogP) is 4.17. The van der Waals surface area contributed by atoms with Crippen LogP contribution in [0.15, 0.2) is 73.1 Å². The van der Waals surface area contributed by atoms with Crippen LogP contribution < -0.4 is 0 Å². The molecule has 1 aliphatic rings. The first-order chi connectivity index (χ1) is 14.8. The van der Waals surface area contributed by atoms with Crippen LogP contribution in [0.25, 0.3) is 22.8 Å². The fraction of sp³-hybridized carbons (Fsp3) is 0.208. The molecule has 1 N–H and O–H groups in total. The molecule has 0 aliphatic carbocycles. The molecule has 150 valence electrons. The first-order valence-electron chi connectivity index (χ1n) is 10.3. The molecule has 2 aromatic heterocycles. The summed E-state index contributed by atoms with van der Waals surface area (Å²) in [5.41, 5.74) is 3.92. The average Bonchev–Trinajstić information content (AvgIpc) is 3.45. The number of H-pyrrole nitrogens is 1. The molecular formula is C24H23N5O. The highest BCUT2D eigenvalue weighted by atomic mass is 16.2. The van der Waals surface area contributed by atoms with E-state index >= 15 is 0 Å². The van der Waals surface area contributed by atoms with E-state index in [0.717, 1.165) is 47.5 Å². The maximum atomic E-state index is 12.8. The predicted molar refractivity (Wildman–Crippen MR) is 117 cm³/mol. The zero-order valence-corrected chi connectivity index (χ0v) is 16.6. The summed E-state index contributed by atoms with van der Waals surface area (Å²) in [6.45, 7) is 1.47. The van der Waals surface area contributed by atoms with Crippen LogP contribution in [0.3, 0.4) is 0 Å². The molecule has 2 aromatic carbocycles. The number of para-hydroxylation sites is 3. The van der Waals surface area contributed by atoms with Crippen molar-refractivity contribution in [2.45, 2.75) is 18.8 Å². The van der Waals surface area contributed by atoms with Crippen molar-refractivity contribution in [1.82, 2.24) is 24.6 Å². The summed E-state index contributed by atoms with van der Waals surface area (Å²) >= 11 is 0. The van der Waals surface area contributed by atoms with E-state index in [1.54, 1.807) is 12.3 Å². The first kappa shape index (κ1) is 18.4. The van der Waals surface area contributed by atoms with Gasteiger partial charge in [0.15, 0.2) is 0 Å². The minimum atomic E-state index is 0.0308. The Morgan fingerprint density at radius 2 is 1.93 bits per heavy atom. The van der Waals surface area contributed by atoms with E-state index in [1.807, 2.05) is 76.5 Å². The Morgan fingerprint density at radius 1 is 1.10 bits per heavy atom. The summed E-state index contributed by atoms with van der Waals surface area (Å²) in [6.07, 6.45) is 9.19. The van der Waals surface area contributed by atoms with Gasteiger partial charge in [-0.2, -0.15) is 5.10 Å². The van der Waals surface area contributed by atoms with Crippen molar-refractivity contribution < 1.29 is 4.79 Å². The molecule has 1 saturated heterocycles. The number of imidazole rings is 1. The Labute approximate surface area is 174 Å². The summed E-state index contributed by atoms with van der Waals surface area (Å²) in [5, 5.41) is 4.38. The maximum absolute atomic E-state index is 12.8. The van der Waals surface area contributed by atoms with Gasteiger partial charge < -0.3 is 9.88 Å². The molecule has 1 unspecified atom stereocenters. The van der Waals surface area contributed by atoms with Gasteiger partial charge >= 0.3 is 0 Å². The monoisotopic (exact) mass is 397 g/mol. The van der Waals surface area contributed by atoms with Crippen LogP contribution in [0.2, 0.25) is 0 Å². The van der Waals surface area contributed by atoms with Crippen molar-refractivity contribution in [3.63, 3.8) is 0 Å². The average molecular weight is 397 g/mol. The number of carbonyl (C=O) groups excluding carboxylic acids is 1. The largest absolute Gasteiger partial charge is 0.342 e. The van der Waals surface area contributed by atoms with Gasteiger partial charge in [0.25, 0.3) is 0 Å². The molecule has 6 heteroatoms. The van der Waals surface area contributed by atoms with Crippen LogP contribution in [0, 0.1) is 0 Å². The number of hydrogen-bond acceptors (Lipinski definition) is 3. The Kier molecular flexibility index (Phi) is 4.89. The minimum absolute atomic E-state index is 0.0308. The maximum Gasteiger partial charge on any atom is 0.246 e. The fourth-order valence-corrected chi connectivity index (χ4v) is 3.98. The number of nitrogens with one attached hydrogen (secondary N) is 1. The van der Waals surface area contributed by atoms with Gasteiger partial charge in [-0.25, -0.2) is 9.67 Å². The minimum Gasteiger partial charge on any atom is -0.342 e. The Hall–Kier alpha value is -3.67. The van der Waals surface area contributed by atoms with Gasteiger partial charge in [-0.3, -0.25) is 4.79 Å². The number of carbonyl (C=O) groups is 1. The second-order valence-corrected chi connectivity index (χ2v) is 7.65. The molecule has 1 fully saturated rings. The molecule has 1 amide bonds. The summed E-state index contributed by atoms with van der Waals surface area (Å²) < 4.78 is 1.81. The number of amides is 1. The lowest BCUT2D eigenvalue weighted by atomic mass is 9.97. The van der Waals surface area contributed by atoms with Crippen LogP contribution in [0.4, 0.5) is 0 Å². The van der Waals surface area contributed by atoms with Crippen molar-refractivity contribution in [2.24, 2.45) is 0 Å². The van der Waals surface area contributed by atoms with E-state index < -0.39 is 0 Å². The van der Waals surface area contributed by atoms with Crippen LogP contribution in [0.1, 0.15) is 30.1 Å². The van der Waals surface area contributed by atoms with Crippen LogP contribution in [-0.4, -0.2) is 43.6 Å². The van der Waals surface area contributed by atoms with E-state index in [-0.39, 0.29) is 11.8 Å². The van der Waals surface area contributed by atoms with E-state index in [2.05, 4.69) is 10.1 Å². The number of benzene rings is 2. The fourth-order valence-electron chi connectivity index (χ4n) is 3.98. The van der Waals surface area contributed by atoms with Crippen molar-refractivity contribution in [2.75, 3.05) is 13.1 Å².